The van der Waals surface area contributed by atoms with E-state index in [9.17, 15) is 5.11 Å². The lowest BCUT2D eigenvalue weighted by atomic mass is 10.1. The largest absolute Gasteiger partial charge is 0.395 e. The first-order chi connectivity index (χ1) is 12.0. The first kappa shape index (κ1) is 19.7. The lowest BCUT2D eigenvalue weighted by Crippen LogP contribution is -2.25. The van der Waals surface area contributed by atoms with E-state index < -0.39 is 0 Å². The van der Waals surface area contributed by atoms with E-state index in [-0.39, 0.29) is 6.61 Å². The number of likely N-dealkylation sites (N-methyl/N-ethyl adjacent to an activating group) is 1. The van der Waals surface area contributed by atoms with Gasteiger partial charge in [0, 0.05) is 36.4 Å². The molecule has 0 bridgehead atoms. The number of hydrogen-bond acceptors (Lipinski definition) is 5. The second-order valence-electron chi connectivity index (χ2n) is 6.09. The maximum atomic E-state index is 9.17. The van der Waals surface area contributed by atoms with E-state index in [1.165, 1.54) is 5.56 Å². The standard InChI is InChI=1S/C19H27BrN4O/c1-5-7-15-8-9-17(16(20)13-15)24(6-2)19-21-14(3)12-18(22-19)23(4)10-11-25/h8-9,12-13,25H,5-7,10-11H2,1-4H3. The van der Waals surface area contributed by atoms with Crippen LogP contribution in [0.3, 0.4) is 0 Å². The SMILES string of the molecule is CCCc1ccc(N(CC)c2nc(C)cc(N(C)CCO)n2)c(Br)c1. The maximum absolute atomic E-state index is 9.17. The predicted octanol–water partition coefficient (Wildman–Crippen LogP) is 4.09. The summed E-state index contributed by atoms with van der Waals surface area (Å²) in [6.07, 6.45) is 2.20. The summed E-state index contributed by atoms with van der Waals surface area (Å²) in [5, 5.41) is 9.17. The summed E-state index contributed by atoms with van der Waals surface area (Å²) in [5.41, 5.74) is 3.29. The summed E-state index contributed by atoms with van der Waals surface area (Å²) in [6.45, 7) is 7.64. The summed E-state index contributed by atoms with van der Waals surface area (Å²) in [4.78, 5) is 13.4. The predicted molar refractivity (Wildman–Crippen MR) is 108 cm³/mol. The molecule has 2 aromatic rings. The van der Waals surface area contributed by atoms with Crippen LogP contribution in [0.5, 0.6) is 0 Å². The highest BCUT2D eigenvalue weighted by Crippen LogP contribution is 2.32. The number of halogens is 1. The molecule has 0 spiro atoms. The van der Waals surface area contributed by atoms with E-state index in [1.54, 1.807) is 0 Å². The molecule has 2 rings (SSSR count). The van der Waals surface area contributed by atoms with Crippen molar-refractivity contribution in [2.24, 2.45) is 0 Å². The molecule has 0 aliphatic heterocycles. The van der Waals surface area contributed by atoms with Crippen LogP contribution in [-0.4, -0.2) is 41.8 Å². The van der Waals surface area contributed by atoms with E-state index in [2.05, 4.69) is 57.9 Å². The van der Waals surface area contributed by atoms with Crippen molar-refractivity contribution in [1.82, 2.24) is 9.97 Å². The molecule has 5 nitrogen and oxygen atoms in total. The van der Waals surface area contributed by atoms with E-state index in [0.29, 0.717) is 12.5 Å². The highest BCUT2D eigenvalue weighted by atomic mass is 79.9. The summed E-state index contributed by atoms with van der Waals surface area (Å²) in [6, 6.07) is 8.41. The van der Waals surface area contributed by atoms with Crippen molar-refractivity contribution in [3.8, 4) is 0 Å². The van der Waals surface area contributed by atoms with Crippen LogP contribution < -0.4 is 9.80 Å². The summed E-state index contributed by atoms with van der Waals surface area (Å²) < 4.78 is 1.05. The number of aliphatic hydroxyl groups excluding tert-OH is 1. The number of aliphatic hydroxyl groups is 1. The van der Waals surface area contributed by atoms with Crippen molar-refractivity contribution < 1.29 is 5.11 Å². The minimum Gasteiger partial charge on any atom is -0.395 e. The molecular weight excluding hydrogens is 380 g/mol. The van der Waals surface area contributed by atoms with Crippen LogP contribution in [-0.2, 0) is 6.42 Å². The van der Waals surface area contributed by atoms with Crippen LogP contribution in [0, 0.1) is 6.92 Å². The Hall–Kier alpha value is -1.66. The molecule has 0 saturated carbocycles. The topological polar surface area (TPSA) is 52.5 Å². The van der Waals surface area contributed by atoms with Gasteiger partial charge in [-0.15, -0.1) is 0 Å². The molecule has 1 aromatic heterocycles. The van der Waals surface area contributed by atoms with Gasteiger partial charge in [0.2, 0.25) is 5.95 Å². The molecule has 1 aromatic carbocycles. The molecule has 0 saturated heterocycles. The van der Waals surface area contributed by atoms with Gasteiger partial charge in [0.05, 0.1) is 12.3 Å². The first-order valence-corrected chi connectivity index (χ1v) is 9.53. The normalized spacial score (nSPS) is 10.8. The molecule has 1 N–H and O–H groups in total. The molecule has 6 heteroatoms. The molecule has 1 heterocycles. The third kappa shape index (κ3) is 4.92. The Balaban J connectivity index is 2.40. The zero-order valence-electron chi connectivity index (χ0n) is 15.5. The van der Waals surface area contributed by atoms with Gasteiger partial charge >= 0.3 is 0 Å². The fourth-order valence-corrected chi connectivity index (χ4v) is 3.39. The van der Waals surface area contributed by atoms with Crippen LogP contribution >= 0.6 is 15.9 Å². The third-order valence-corrected chi connectivity index (χ3v) is 4.69. The summed E-state index contributed by atoms with van der Waals surface area (Å²) >= 11 is 3.71. The number of hydrogen-bond donors (Lipinski definition) is 1. The Morgan fingerprint density at radius 1 is 1.16 bits per heavy atom. The second-order valence-corrected chi connectivity index (χ2v) is 6.95. The summed E-state index contributed by atoms with van der Waals surface area (Å²) in [7, 11) is 1.92. The van der Waals surface area contributed by atoms with Crippen molar-refractivity contribution in [2.45, 2.75) is 33.6 Å². The first-order valence-electron chi connectivity index (χ1n) is 8.73. The van der Waals surface area contributed by atoms with Gasteiger partial charge in [-0.05, 0) is 53.9 Å². The molecule has 136 valence electrons. The number of nitrogens with zero attached hydrogens (tertiary/aromatic N) is 4. The monoisotopic (exact) mass is 406 g/mol. The van der Waals surface area contributed by atoms with Gasteiger partial charge in [-0.3, -0.25) is 0 Å². The molecule has 0 aliphatic rings. The van der Waals surface area contributed by atoms with Crippen LogP contribution in [0.4, 0.5) is 17.5 Å². The molecule has 0 aliphatic carbocycles. The molecule has 0 amide bonds. The van der Waals surface area contributed by atoms with Crippen molar-refractivity contribution in [3.63, 3.8) is 0 Å². The Labute approximate surface area is 158 Å². The van der Waals surface area contributed by atoms with Gasteiger partial charge < -0.3 is 14.9 Å². The minimum atomic E-state index is 0.0941. The van der Waals surface area contributed by atoms with Crippen molar-refractivity contribution in [2.75, 3.05) is 36.5 Å². The Morgan fingerprint density at radius 3 is 2.52 bits per heavy atom. The smallest absolute Gasteiger partial charge is 0.232 e. The number of aryl methyl sites for hydroxylation is 2. The quantitative estimate of drug-likeness (QED) is 0.715. The summed E-state index contributed by atoms with van der Waals surface area (Å²) in [5.74, 6) is 1.49. The fraction of sp³-hybridized carbons (Fsp3) is 0.474. The molecule has 0 fully saturated rings. The number of benzene rings is 1. The van der Waals surface area contributed by atoms with Gasteiger partial charge in [0.25, 0.3) is 0 Å². The van der Waals surface area contributed by atoms with Crippen molar-refractivity contribution in [3.05, 3.63) is 40.0 Å². The average Bonchev–Trinajstić information content (AvgIpc) is 2.57. The van der Waals surface area contributed by atoms with Gasteiger partial charge in [0.15, 0.2) is 0 Å². The minimum absolute atomic E-state index is 0.0941. The molecule has 25 heavy (non-hydrogen) atoms. The third-order valence-electron chi connectivity index (χ3n) is 4.05. The Bertz CT molecular complexity index is 708. The zero-order chi connectivity index (χ0) is 18.4. The van der Waals surface area contributed by atoms with Gasteiger partial charge in [-0.1, -0.05) is 19.4 Å². The van der Waals surface area contributed by atoms with E-state index in [4.69, 9.17) is 4.98 Å². The average molecular weight is 407 g/mol. The van der Waals surface area contributed by atoms with E-state index in [1.807, 2.05) is 24.9 Å². The van der Waals surface area contributed by atoms with Crippen molar-refractivity contribution in [1.29, 1.82) is 0 Å². The van der Waals surface area contributed by atoms with Gasteiger partial charge in [-0.25, -0.2) is 4.98 Å². The molecule has 0 radical (unpaired) electrons. The number of anilines is 3. The van der Waals surface area contributed by atoms with E-state index >= 15 is 0 Å². The Kier molecular flexibility index (Phi) is 7.20. The maximum Gasteiger partial charge on any atom is 0.232 e. The van der Waals surface area contributed by atoms with Crippen LogP contribution in [0.15, 0.2) is 28.7 Å². The molecule has 0 unspecified atom stereocenters. The van der Waals surface area contributed by atoms with Crippen LogP contribution in [0.2, 0.25) is 0 Å². The lowest BCUT2D eigenvalue weighted by Gasteiger charge is -2.25. The van der Waals surface area contributed by atoms with Gasteiger partial charge in [0.1, 0.15) is 5.82 Å². The molecule has 0 atom stereocenters. The van der Waals surface area contributed by atoms with Crippen LogP contribution in [0.1, 0.15) is 31.5 Å². The van der Waals surface area contributed by atoms with Crippen LogP contribution in [0.25, 0.3) is 0 Å². The second kappa shape index (κ2) is 9.15. The lowest BCUT2D eigenvalue weighted by molar-refractivity contribution is 0.304. The molecular formula is C19H27BrN4O. The van der Waals surface area contributed by atoms with Crippen molar-refractivity contribution >= 4 is 33.4 Å². The van der Waals surface area contributed by atoms with Gasteiger partial charge in [-0.2, -0.15) is 4.98 Å². The van der Waals surface area contributed by atoms with E-state index in [0.717, 1.165) is 41.1 Å². The number of aromatic nitrogens is 2. The fourth-order valence-electron chi connectivity index (χ4n) is 2.75. The highest BCUT2D eigenvalue weighted by molar-refractivity contribution is 9.10. The Morgan fingerprint density at radius 2 is 1.92 bits per heavy atom. The highest BCUT2D eigenvalue weighted by Gasteiger charge is 2.16. The number of rotatable bonds is 8. The zero-order valence-corrected chi connectivity index (χ0v) is 17.0.